The molecule has 6 heteroatoms. The van der Waals surface area contributed by atoms with Crippen molar-refractivity contribution in [3.8, 4) is 0 Å². The first kappa shape index (κ1) is 14.0. The van der Waals surface area contributed by atoms with Crippen molar-refractivity contribution in [2.45, 2.75) is 31.4 Å². The number of halogens is 4. The molecule has 1 fully saturated rings. The predicted molar refractivity (Wildman–Crippen MR) is 68.2 cm³/mol. The molecule has 0 aromatic carbocycles. The molecule has 2 heterocycles. The van der Waals surface area contributed by atoms with Crippen molar-refractivity contribution in [2.75, 3.05) is 0 Å². The Kier molecular flexibility index (Phi) is 3.39. The van der Waals surface area contributed by atoms with Crippen LogP contribution in [-0.2, 0) is 12.6 Å². The minimum absolute atomic E-state index is 0.0101. The fourth-order valence-corrected chi connectivity index (χ4v) is 2.39. The fourth-order valence-electron chi connectivity index (χ4n) is 2.39. The second kappa shape index (κ2) is 5.09. The predicted octanol–water partition coefficient (Wildman–Crippen LogP) is 4.10. The Morgan fingerprint density at radius 3 is 2.48 bits per heavy atom. The molecule has 2 aromatic heterocycles. The van der Waals surface area contributed by atoms with E-state index in [9.17, 15) is 17.6 Å². The third-order valence-corrected chi connectivity index (χ3v) is 3.51. The summed E-state index contributed by atoms with van der Waals surface area (Å²) in [6.45, 7) is 0. The molecule has 1 saturated carbocycles. The van der Waals surface area contributed by atoms with Crippen molar-refractivity contribution in [3.63, 3.8) is 0 Å². The van der Waals surface area contributed by atoms with Gasteiger partial charge in [-0.05, 0) is 36.6 Å². The van der Waals surface area contributed by atoms with E-state index >= 15 is 0 Å². The van der Waals surface area contributed by atoms with Crippen LogP contribution in [0.15, 0.2) is 30.6 Å². The zero-order chi connectivity index (χ0) is 15.0. The zero-order valence-electron chi connectivity index (χ0n) is 11.0. The first-order chi connectivity index (χ1) is 9.97. The lowest BCUT2D eigenvalue weighted by Crippen LogP contribution is -2.15. The molecule has 3 rings (SSSR count). The van der Waals surface area contributed by atoms with Crippen molar-refractivity contribution in [2.24, 2.45) is 0 Å². The summed E-state index contributed by atoms with van der Waals surface area (Å²) in [7, 11) is 0. The molecule has 0 N–H and O–H groups in total. The molecule has 0 unspecified atom stereocenters. The summed E-state index contributed by atoms with van der Waals surface area (Å²) in [5.74, 6) is -0.731. The average molecular weight is 296 g/mol. The van der Waals surface area contributed by atoms with Crippen LogP contribution in [0.3, 0.4) is 0 Å². The van der Waals surface area contributed by atoms with Crippen molar-refractivity contribution < 1.29 is 17.6 Å². The number of alkyl halides is 3. The maximum absolute atomic E-state index is 13.6. The van der Waals surface area contributed by atoms with Gasteiger partial charge < -0.3 is 0 Å². The lowest BCUT2D eigenvalue weighted by Gasteiger charge is -2.16. The smallest absolute Gasteiger partial charge is 0.260 e. The first-order valence-electron chi connectivity index (χ1n) is 6.61. The van der Waals surface area contributed by atoms with E-state index in [0.29, 0.717) is 0 Å². The van der Waals surface area contributed by atoms with Gasteiger partial charge in [-0.15, -0.1) is 0 Å². The summed E-state index contributed by atoms with van der Waals surface area (Å²) in [4.78, 5) is 7.72. The van der Waals surface area contributed by atoms with E-state index in [2.05, 4.69) is 9.97 Å². The summed E-state index contributed by atoms with van der Waals surface area (Å²) in [5, 5.41) is 0. The van der Waals surface area contributed by atoms with Crippen LogP contribution in [-0.4, -0.2) is 9.97 Å². The highest BCUT2D eigenvalue weighted by molar-refractivity contribution is 5.38. The summed E-state index contributed by atoms with van der Waals surface area (Å²) in [6.07, 6.45) is -0.515. The van der Waals surface area contributed by atoms with E-state index in [1.165, 1.54) is 30.6 Å². The number of aromatic nitrogens is 2. The molecular formula is C15H12F4N2. The molecule has 110 valence electrons. The Balaban J connectivity index is 2.06. The van der Waals surface area contributed by atoms with Gasteiger partial charge in [0.15, 0.2) is 0 Å². The molecular weight excluding hydrogens is 284 g/mol. The highest BCUT2D eigenvalue weighted by Gasteiger charge is 2.41. The molecule has 0 bridgehead atoms. The van der Waals surface area contributed by atoms with Crippen LogP contribution in [0.1, 0.15) is 41.3 Å². The maximum Gasteiger partial charge on any atom is 0.418 e. The molecule has 0 amide bonds. The number of pyridine rings is 2. The van der Waals surface area contributed by atoms with Gasteiger partial charge in [-0.25, -0.2) is 4.39 Å². The summed E-state index contributed by atoms with van der Waals surface area (Å²) >= 11 is 0. The molecule has 21 heavy (non-hydrogen) atoms. The highest BCUT2D eigenvalue weighted by atomic mass is 19.4. The van der Waals surface area contributed by atoms with Gasteiger partial charge in [-0.2, -0.15) is 13.2 Å². The van der Waals surface area contributed by atoms with Crippen LogP contribution >= 0.6 is 0 Å². The van der Waals surface area contributed by atoms with Gasteiger partial charge in [0, 0.05) is 24.7 Å². The second-order valence-corrected chi connectivity index (χ2v) is 5.11. The lowest BCUT2D eigenvalue weighted by molar-refractivity contribution is -0.139. The third-order valence-electron chi connectivity index (χ3n) is 3.51. The summed E-state index contributed by atoms with van der Waals surface area (Å²) in [5.41, 5.74) is -0.609. The van der Waals surface area contributed by atoms with Crippen molar-refractivity contribution in [3.05, 3.63) is 58.9 Å². The Labute approximate surface area is 118 Å². The van der Waals surface area contributed by atoms with Crippen LogP contribution < -0.4 is 0 Å². The molecule has 0 aliphatic heterocycles. The Bertz CT molecular complexity index is 663. The van der Waals surface area contributed by atoms with E-state index in [1.54, 1.807) is 0 Å². The lowest BCUT2D eigenvalue weighted by atomic mass is 9.99. The molecule has 0 atom stereocenters. The standard InChI is InChI=1S/C15H12F4N2/c16-11-2-1-6-20-12(11)8-10-5-7-21-14(9-3-4-9)13(10)15(17,18)19/h1-2,5-7,9H,3-4,8H2. The Morgan fingerprint density at radius 1 is 1.10 bits per heavy atom. The Morgan fingerprint density at radius 2 is 1.86 bits per heavy atom. The third kappa shape index (κ3) is 2.89. The van der Waals surface area contributed by atoms with Gasteiger partial charge >= 0.3 is 6.18 Å². The molecule has 0 radical (unpaired) electrons. The largest absolute Gasteiger partial charge is 0.418 e. The molecule has 1 aliphatic carbocycles. The van der Waals surface area contributed by atoms with Gasteiger partial charge in [0.05, 0.1) is 17.0 Å². The minimum atomic E-state index is -4.49. The molecule has 1 aliphatic rings. The SMILES string of the molecule is Fc1cccnc1Cc1ccnc(C2CC2)c1C(F)(F)F. The van der Waals surface area contributed by atoms with Gasteiger partial charge in [0.2, 0.25) is 0 Å². The van der Waals surface area contributed by atoms with Crippen LogP contribution in [0, 0.1) is 5.82 Å². The highest BCUT2D eigenvalue weighted by Crippen LogP contribution is 2.46. The summed E-state index contributed by atoms with van der Waals surface area (Å²) < 4.78 is 53.7. The van der Waals surface area contributed by atoms with Crippen molar-refractivity contribution >= 4 is 0 Å². The van der Waals surface area contributed by atoms with Crippen LogP contribution in [0.4, 0.5) is 17.6 Å². The topological polar surface area (TPSA) is 25.8 Å². The average Bonchev–Trinajstić information content (AvgIpc) is 3.24. The van der Waals surface area contributed by atoms with Gasteiger partial charge in [-0.3, -0.25) is 9.97 Å². The first-order valence-corrected chi connectivity index (χ1v) is 6.61. The van der Waals surface area contributed by atoms with Gasteiger partial charge in [0.1, 0.15) is 5.82 Å². The number of rotatable bonds is 3. The zero-order valence-corrected chi connectivity index (χ0v) is 11.0. The van der Waals surface area contributed by atoms with Crippen molar-refractivity contribution in [1.29, 1.82) is 0 Å². The van der Waals surface area contributed by atoms with Crippen LogP contribution in [0.2, 0.25) is 0 Å². The minimum Gasteiger partial charge on any atom is -0.260 e. The number of hydrogen-bond acceptors (Lipinski definition) is 2. The van der Waals surface area contributed by atoms with Crippen LogP contribution in [0.25, 0.3) is 0 Å². The second-order valence-electron chi connectivity index (χ2n) is 5.11. The molecule has 2 nitrogen and oxygen atoms in total. The maximum atomic E-state index is 13.6. The van der Waals surface area contributed by atoms with Crippen molar-refractivity contribution in [1.82, 2.24) is 9.97 Å². The van der Waals surface area contributed by atoms with E-state index in [-0.39, 0.29) is 29.3 Å². The Hall–Kier alpha value is -1.98. The quantitative estimate of drug-likeness (QED) is 0.797. The number of nitrogens with zero attached hydrogens (tertiary/aromatic N) is 2. The number of hydrogen-bond donors (Lipinski definition) is 0. The van der Waals surface area contributed by atoms with E-state index in [0.717, 1.165) is 12.8 Å². The molecule has 2 aromatic rings. The molecule has 0 spiro atoms. The van der Waals surface area contributed by atoms with Gasteiger partial charge in [-0.1, -0.05) is 0 Å². The monoisotopic (exact) mass is 296 g/mol. The normalized spacial score (nSPS) is 15.2. The van der Waals surface area contributed by atoms with E-state index < -0.39 is 17.6 Å². The van der Waals surface area contributed by atoms with E-state index in [1.807, 2.05) is 0 Å². The summed E-state index contributed by atoms with van der Waals surface area (Å²) in [6, 6.07) is 3.90. The van der Waals surface area contributed by atoms with Crippen LogP contribution in [0.5, 0.6) is 0 Å². The molecule has 0 saturated heterocycles. The van der Waals surface area contributed by atoms with E-state index in [4.69, 9.17) is 0 Å². The van der Waals surface area contributed by atoms with Gasteiger partial charge in [0.25, 0.3) is 0 Å². The fraction of sp³-hybridized carbons (Fsp3) is 0.333.